The van der Waals surface area contributed by atoms with E-state index in [1.807, 2.05) is 39.0 Å². The lowest BCUT2D eigenvalue weighted by atomic mass is 10.0. The highest BCUT2D eigenvalue weighted by Crippen LogP contribution is 2.29. The van der Waals surface area contributed by atoms with Crippen molar-refractivity contribution in [2.45, 2.75) is 40.5 Å². The van der Waals surface area contributed by atoms with Crippen LogP contribution >= 0.6 is 15.9 Å². The first-order valence-electron chi connectivity index (χ1n) is 8.08. The molecule has 0 radical (unpaired) electrons. The second kappa shape index (κ2) is 7.84. The van der Waals surface area contributed by atoms with Crippen LogP contribution in [0.25, 0.3) is 0 Å². The van der Waals surface area contributed by atoms with E-state index in [0.717, 1.165) is 21.3 Å². The third kappa shape index (κ3) is 4.60. The number of hydrogen-bond acceptors (Lipinski definition) is 2. The van der Waals surface area contributed by atoms with Crippen LogP contribution in [0, 0.1) is 20.8 Å². The van der Waals surface area contributed by atoms with E-state index in [4.69, 9.17) is 4.74 Å². The predicted octanol–water partition coefficient (Wildman–Crippen LogP) is 5.52. The monoisotopic (exact) mass is 389 g/mol. The second-order valence-corrected chi connectivity index (χ2v) is 7.31. The van der Waals surface area contributed by atoms with Crippen LogP contribution in [0.4, 0.5) is 5.69 Å². The van der Waals surface area contributed by atoms with E-state index in [1.54, 1.807) is 0 Å². The highest BCUT2D eigenvalue weighted by atomic mass is 79.9. The minimum Gasteiger partial charge on any atom is -0.483 e. The lowest BCUT2D eigenvalue weighted by molar-refractivity contribution is -0.118. The molecule has 4 heteroatoms. The zero-order valence-electron chi connectivity index (χ0n) is 14.9. The van der Waals surface area contributed by atoms with Gasteiger partial charge in [-0.15, -0.1) is 0 Å². The van der Waals surface area contributed by atoms with Gasteiger partial charge >= 0.3 is 0 Å². The van der Waals surface area contributed by atoms with Gasteiger partial charge in [0.15, 0.2) is 6.61 Å². The van der Waals surface area contributed by atoms with Gasteiger partial charge in [-0.2, -0.15) is 0 Å². The Balaban J connectivity index is 2.02. The quantitative estimate of drug-likeness (QED) is 0.731. The normalized spacial score (nSPS) is 10.8. The average molecular weight is 390 g/mol. The number of ether oxygens (including phenoxy) is 1. The lowest BCUT2D eigenvalue weighted by Gasteiger charge is -2.14. The van der Waals surface area contributed by atoms with Gasteiger partial charge < -0.3 is 10.1 Å². The Kier molecular flexibility index (Phi) is 6.05. The summed E-state index contributed by atoms with van der Waals surface area (Å²) >= 11 is 3.51. The smallest absolute Gasteiger partial charge is 0.262 e. The Morgan fingerprint density at radius 3 is 2.29 bits per heavy atom. The maximum absolute atomic E-state index is 12.2. The van der Waals surface area contributed by atoms with Gasteiger partial charge in [0.05, 0.1) is 4.47 Å². The van der Waals surface area contributed by atoms with Crippen molar-refractivity contribution in [1.29, 1.82) is 0 Å². The van der Waals surface area contributed by atoms with Gasteiger partial charge in [-0.25, -0.2) is 0 Å². The SMILES string of the molecule is Cc1cc(C)c(NC(=O)COc2ccc(C(C)C)cc2Br)c(C)c1. The van der Waals surface area contributed by atoms with Crippen LogP contribution in [0.1, 0.15) is 42.0 Å². The van der Waals surface area contributed by atoms with Crippen molar-refractivity contribution < 1.29 is 9.53 Å². The summed E-state index contributed by atoms with van der Waals surface area (Å²) in [5.41, 5.74) is 5.40. The Hall–Kier alpha value is -1.81. The summed E-state index contributed by atoms with van der Waals surface area (Å²) in [6.45, 7) is 10.3. The number of anilines is 1. The molecule has 0 bridgehead atoms. The van der Waals surface area contributed by atoms with Crippen molar-refractivity contribution in [3.8, 4) is 5.75 Å². The fourth-order valence-electron chi connectivity index (χ4n) is 2.69. The molecule has 1 amide bonds. The summed E-state index contributed by atoms with van der Waals surface area (Å²) in [6.07, 6.45) is 0. The van der Waals surface area contributed by atoms with Gasteiger partial charge in [0.2, 0.25) is 0 Å². The molecule has 24 heavy (non-hydrogen) atoms. The van der Waals surface area contributed by atoms with Crippen molar-refractivity contribution in [3.63, 3.8) is 0 Å². The third-order valence-corrected chi connectivity index (χ3v) is 4.54. The molecule has 0 fully saturated rings. The van der Waals surface area contributed by atoms with E-state index in [9.17, 15) is 4.79 Å². The molecule has 0 aliphatic heterocycles. The molecule has 0 saturated heterocycles. The molecule has 3 nitrogen and oxygen atoms in total. The first-order chi connectivity index (χ1) is 11.3. The van der Waals surface area contributed by atoms with Crippen LogP contribution in [0.3, 0.4) is 0 Å². The van der Waals surface area contributed by atoms with Crippen LogP contribution < -0.4 is 10.1 Å². The second-order valence-electron chi connectivity index (χ2n) is 6.46. The molecule has 2 rings (SSSR count). The van der Waals surface area contributed by atoms with Crippen molar-refractivity contribution in [3.05, 3.63) is 57.1 Å². The fourth-order valence-corrected chi connectivity index (χ4v) is 3.20. The van der Waals surface area contributed by atoms with Crippen LogP contribution in [-0.2, 0) is 4.79 Å². The van der Waals surface area contributed by atoms with Crippen molar-refractivity contribution in [1.82, 2.24) is 0 Å². The maximum Gasteiger partial charge on any atom is 0.262 e. The van der Waals surface area contributed by atoms with Crippen molar-refractivity contribution in [2.75, 3.05) is 11.9 Å². The summed E-state index contributed by atoms with van der Waals surface area (Å²) in [7, 11) is 0. The van der Waals surface area contributed by atoms with Crippen molar-refractivity contribution in [2.24, 2.45) is 0 Å². The summed E-state index contributed by atoms with van der Waals surface area (Å²) < 4.78 is 6.52. The van der Waals surface area contributed by atoms with Crippen LogP contribution in [0.2, 0.25) is 0 Å². The highest BCUT2D eigenvalue weighted by Gasteiger charge is 2.11. The van der Waals surface area contributed by atoms with Crippen LogP contribution in [-0.4, -0.2) is 12.5 Å². The van der Waals surface area contributed by atoms with E-state index in [-0.39, 0.29) is 12.5 Å². The number of benzene rings is 2. The molecule has 0 heterocycles. The van der Waals surface area contributed by atoms with E-state index >= 15 is 0 Å². The Bertz CT molecular complexity index is 730. The number of carbonyl (C=O) groups is 1. The minimum absolute atomic E-state index is 0.0214. The largest absolute Gasteiger partial charge is 0.483 e. The predicted molar refractivity (Wildman–Crippen MR) is 103 cm³/mol. The molecule has 0 aliphatic carbocycles. The highest BCUT2D eigenvalue weighted by molar-refractivity contribution is 9.10. The number of amides is 1. The summed E-state index contributed by atoms with van der Waals surface area (Å²) in [6, 6.07) is 10.1. The molecule has 0 aromatic heterocycles. The summed E-state index contributed by atoms with van der Waals surface area (Å²) in [4.78, 5) is 12.2. The molecule has 2 aromatic carbocycles. The van der Waals surface area contributed by atoms with E-state index in [2.05, 4.69) is 47.2 Å². The lowest BCUT2D eigenvalue weighted by Crippen LogP contribution is -2.21. The van der Waals surface area contributed by atoms with Gasteiger partial charge in [-0.3, -0.25) is 4.79 Å². The molecule has 1 N–H and O–H groups in total. The number of rotatable bonds is 5. The molecule has 0 atom stereocenters. The fraction of sp³-hybridized carbons (Fsp3) is 0.350. The third-order valence-electron chi connectivity index (χ3n) is 3.92. The standard InChI is InChI=1S/C20H24BrNO2/c1-12(2)16-6-7-18(17(21)10-16)24-11-19(23)22-20-14(4)8-13(3)9-15(20)5/h6-10,12H,11H2,1-5H3,(H,22,23). The minimum atomic E-state index is -0.162. The molecular formula is C20H24BrNO2. The molecule has 0 aliphatic rings. The Labute approximate surface area is 152 Å². The molecular weight excluding hydrogens is 366 g/mol. The van der Waals surface area contributed by atoms with Crippen LogP contribution in [0.5, 0.6) is 5.75 Å². The zero-order valence-corrected chi connectivity index (χ0v) is 16.5. The Morgan fingerprint density at radius 2 is 1.75 bits per heavy atom. The zero-order chi connectivity index (χ0) is 17.9. The average Bonchev–Trinajstić information content (AvgIpc) is 2.49. The number of hydrogen-bond donors (Lipinski definition) is 1. The van der Waals surface area contributed by atoms with Gasteiger partial charge in [-0.05, 0) is 71.4 Å². The van der Waals surface area contributed by atoms with Gasteiger partial charge in [0, 0.05) is 5.69 Å². The van der Waals surface area contributed by atoms with Gasteiger partial charge in [0.25, 0.3) is 5.91 Å². The summed E-state index contributed by atoms with van der Waals surface area (Å²) in [5.74, 6) is 0.961. The van der Waals surface area contributed by atoms with Gasteiger partial charge in [-0.1, -0.05) is 37.6 Å². The van der Waals surface area contributed by atoms with Gasteiger partial charge in [0.1, 0.15) is 5.75 Å². The van der Waals surface area contributed by atoms with E-state index < -0.39 is 0 Å². The number of aryl methyl sites for hydroxylation is 3. The molecule has 128 valence electrons. The molecule has 2 aromatic rings. The van der Waals surface area contributed by atoms with E-state index in [1.165, 1.54) is 11.1 Å². The molecule has 0 spiro atoms. The first kappa shape index (κ1) is 18.5. The topological polar surface area (TPSA) is 38.3 Å². The summed E-state index contributed by atoms with van der Waals surface area (Å²) in [5, 5.41) is 2.95. The maximum atomic E-state index is 12.2. The number of nitrogens with one attached hydrogen (secondary N) is 1. The number of carbonyl (C=O) groups excluding carboxylic acids is 1. The number of halogens is 1. The van der Waals surface area contributed by atoms with Crippen LogP contribution in [0.15, 0.2) is 34.8 Å². The van der Waals surface area contributed by atoms with Crippen molar-refractivity contribution >= 4 is 27.5 Å². The Morgan fingerprint density at radius 1 is 1.12 bits per heavy atom. The first-order valence-corrected chi connectivity index (χ1v) is 8.87. The van der Waals surface area contributed by atoms with E-state index in [0.29, 0.717) is 11.7 Å². The molecule has 0 saturated carbocycles. The molecule has 0 unspecified atom stereocenters.